The first kappa shape index (κ1) is 17.6. The van der Waals surface area contributed by atoms with Gasteiger partial charge in [-0.1, -0.05) is 24.1 Å². The lowest BCUT2D eigenvalue weighted by Crippen LogP contribution is -2.41. The van der Waals surface area contributed by atoms with Crippen LogP contribution in [0, 0.1) is 6.92 Å². The standard InChI is InChI=1S/C14H22N2O4S/c1-11-6-8-12(9-7-11)21(18,19)16-13(14(17)20-2)5-3-4-10-15/h6-9,13,16H,3-5,10,15H2,1-2H3/t13-/m0/s1. The number of nitrogens with two attached hydrogens (primary N) is 1. The molecule has 0 amide bonds. The molecule has 0 aliphatic carbocycles. The number of nitrogens with one attached hydrogen (secondary N) is 1. The molecule has 0 unspecified atom stereocenters. The Morgan fingerprint density at radius 2 is 1.90 bits per heavy atom. The molecule has 21 heavy (non-hydrogen) atoms. The minimum atomic E-state index is -3.75. The monoisotopic (exact) mass is 314 g/mol. The number of methoxy groups -OCH3 is 1. The third-order valence-corrected chi connectivity index (χ3v) is 4.55. The van der Waals surface area contributed by atoms with Gasteiger partial charge in [0.05, 0.1) is 12.0 Å². The van der Waals surface area contributed by atoms with Gasteiger partial charge in [0, 0.05) is 0 Å². The molecule has 0 radical (unpaired) electrons. The second-order valence-corrected chi connectivity index (χ2v) is 6.51. The summed E-state index contributed by atoms with van der Waals surface area (Å²) < 4.78 is 31.6. The smallest absolute Gasteiger partial charge is 0.323 e. The molecule has 0 spiro atoms. The highest BCUT2D eigenvalue weighted by atomic mass is 32.2. The predicted molar refractivity (Wildman–Crippen MR) is 80.2 cm³/mol. The van der Waals surface area contributed by atoms with Crippen molar-refractivity contribution in [2.75, 3.05) is 13.7 Å². The number of carbonyl (C=O) groups excluding carboxylic acids is 1. The first-order chi connectivity index (χ1) is 9.90. The fourth-order valence-corrected chi connectivity index (χ4v) is 3.05. The quantitative estimate of drug-likeness (QED) is 0.550. The molecule has 0 fully saturated rings. The van der Waals surface area contributed by atoms with Crippen molar-refractivity contribution in [3.05, 3.63) is 29.8 Å². The molecule has 118 valence electrons. The highest BCUT2D eigenvalue weighted by Crippen LogP contribution is 2.12. The number of esters is 1. The van der Waals surface area contributed by atoms with Gasteiger partial charge in [0.15, 0.2) is 0 Å². The highest BCUT2D eigenvalue weighted by molar-refractivity contribution is 7.89. The van der Waals surface area contributed by atoms with Crippen molar-refractivity contribution in [1.29, 1.82) is 0 Å². The number of rotatable bonds is 8. The fraction of sp³-hybridized carbons (Fsp3) is 0.500. The number of aryl methyl sites for hydroxylation is 1. The van der Waals surface area contributed by atoms with Gasteiger partial charge < -0.3 is 10.5 Å². The number of carbonyl (C=O) groups is 1. The number of sulfonamides is 1. The Kier molecular flexibility index (Phi) is 6.80. The van der Waals surface area contributed by atoms with Gasteiger partial charge in [-0.25, -0.2) is 8.42 Å². The minimum absolute atomic E-state index is 0.126. The molecule has 0 heterocycles. The van der Waals surface area contributed by atoms with Crippen LogP contribution in [0.5, 0.6) is 0 Å². The Labute approximate surface area is 125 Å². The van der Waals surface area contributed by atoms with Crippen molar-refractivity contribution >= 4 is 16.0 Å². The minimum Gasteiger partial charge on any atom is -0.468 e. The maximum Gasteiger partial charge on any atom is 0.323 e. The van der Waals surface area contributed by atoms with Crippen LogP contribution in [0.25, 0.3) is 0 Å². The van der Waals surface area contributed by atoms with E-state index in [0.29, 0.717) is 19.4 Å². The van der Waals surface area contributed by atoms with E-state index < -0.39 is 22.0 Å². The van der Waals surface area contributed by atoms with Crippen molar-refractivity contribution in [2.24, 2.45) is 5.73 Å². The van der Waals surface area contributed by atoms with E-state index in [2.05, 4.69) is 9.46 Å². The van der Waals surface area contributed by atoms with Gasteiger partial charge in [-0.15, -0.1) is 0 Å². The zero-order chi connectivity index (χ0) is 15.9. The van der Waals surface area contributed by atoms with Crippen molar-refractivity contribution < 1.29 is 17.9 Å². The number of ether oxygens (including phenoxy) is 1. The molecule has 0 aromatic heterocycles. The molecule has 0 saturated carbocycles. The number of unbranched alkanes of at least 4 members (excludes halogenated alkanes) is 1. The Morgan fingerprint density at radius 1 is 1.29 bits per heavy atom. The van der Waals surface area contributed by atoms with Gasteiger partial charge >= 0.3 is 5.97 Å². The molecule has 1 aromatic carbocycles. The fourth-order valence-electron chi connectivity index (χ4n) is 1.83. The molecule has 0 saturated heterocycles. The van der Waals surface area contributed by atoms with Gasteiger partial charge in [0.2, 0.25) is 10.0 Å². The van der Waals surface area contributed by atoms with Gasteiger partial charge in [-0.3, -0.25) is 4.79 Å². The highest BCUT2D eigenvalue weighted by Gasteiger charge is 2.25. The van der Waals surface area contributed by atoms with Crippen molar-refractivity contribution in [3.63, 3.8) is 0 Å². The Morgan fingerprint density at radius 3 is 2.43 bits per heavy atom. The van der Waals surface area contributed by atoms with E-state index in [1.54, 1.807) is 12.1 Å². The van der Waals surface area contributed by atoms with E-state index in [-0.39, 0.29) is 4.90 Å². The van der Waals surface area contributed by atoms with E-state index in [1.807, 2.05) is 6.92 Å². The summed E-state index contributed by atoms with van der Waals surface area (Å²) in [6, 6.07) is 5.53. The van der Waals surface area contributed by atoms with Gasteiger partial charge in [0.25, 0.3) is 0 Å². The number of benzene rings is 1. The molecule has 0 aliphatic rings. The summed E-state index contributed by atoms with van der Waals surface area (Å²) in [6.45, 7) is 2.37. The van der Waals surface area contributed by atoms with Crippen LogP contribution >= 0.6 is 0 Å². The third-order valence-electron chi connectivity index (χ3n) is 3.06. The normalized spacial score (nSPS) is 12.9. The van der Waals surface area contributed by atoms with E-state index in [0.717, 1.165) is 12.0 Å². The first-order valence-corrected chi connectivity index (χ1v) is 8.26. The summed E-state index contributed by atoms with van der Waals surface area (Å²) in [7, 11) is -2.52. The molecular formula is C14H22N2O4S. The lowest BCUT2D eigenvalue weighted by atomic mass is 10.1. The predicted octanol–water partition coefficient (Wildman–Crippen LogP) is 0.944. The van der Waals surface area contributed by atoms with Gasteiger partial charge in [0.1, 0.15) is 6.04 Å². The van der Waals surface area contributed by atoms with Gasteiger partial charge in [-0.2, -0.15) is 4.72 Å². The van der Waals surface area contributed by atoms with Crippen molar-refractivity contribution in [1.82, 2.24) is 4.72 Å². The summed E-state index contributed by atoms with van der Waals surface area (Å²) in [5, 5.41) is 0. The van der Waals surface area contributed by atoms with Crippen LogP contribution in [0.4, 0.5) is 0 Å². The topological polar surface area (TPSA) is 98.5 Å². The zero-order valence-electron chi connectivity index (χ0n) is 12.3. The van der Waals surface area contributed by atoms with Crippen LogP contribution in [-0.4, -0.2) is 34.1 Å². The maximum atomic E-state index is 12.3. The van der Waals surface area contributed by atoms with E-state index in [9.17, 15) is 13.2 Å². The Balaban J connectivity index is 2.85. The molecular weight excluding hydrogens is 292 g/mol. The number of hydrogen-bond donors (Lipinski definition) is 2. The third kappa shape index (κ3) is 5.45. The van der Waals surface area contributed by atoms with Gasteiger partial charge in [-0.05, 0) is 38.4 Å². The van der Waals surface area contributed by atoms with Crippen LogP contribution in [0.1, 0.15) is 24.8 Å². The number of hydrogen-bond acceptors (Lipinski definition) is 5. The lowest BCUT2D eigenvalue weighted by molar-refractivity contribution is -0.142. The molecule has 1 aromatic rings. The molecule has 3 N–H and O–H groups in total. The average molecular weight is 314 g/mol. The molecule has 7 heteroatoms. The van der Waals surface area contributed by atoms with Crippen LogP contribution in [0.3, 0.4) is 0 Å². The summed E-state index contributed by atoms with van der Waals surface area (Å²) in [6.07, 6.45) is 1.72. The second kappa shape index (κ2) is 8.11. The summed E-state index contributed by atoms with van der Waals surface area (Å²) in [5.74, 6) is -0.595. The SMILES string of the molecule is COC(=O)[C@H](CCCCN)NS(=O)(=O)c1ccc(C)cc1. The van der Waals surface area contributed by atoms with Crippen molar-refractivity contribution in [3.8, 4) is 0 Å². The largest absolute Gasteiger partial charge is 0.468 e. The van der Waals surface area contributed by atoms with Crippen LogP contribution in [-0.2, 0) is 19.6 Å². The zero-order valence-corrected chi connectivity index (χ0v) is 13.2. The second-order valence-electron chi connectivity index (χ2n) is 4.79. The average Bonchev–Trinajstić information content (AvgIpc) is 2.46. The van der Waals surface area contributed by atoms with Crippen LogP contribution < -0.4 is 10.5 Å². The molecule has 0 bridgehead atoms. The van der Waals surface area contributed by atoms with E-state index in [4.69, 9.17) is 5.73 Å². The van der Waals surface area contributed by atoms with Crippen LogP contribution in [0.15, 0.2) is 29.2 Å². The Hall–Kier alpha value is -1.44. The molecule has 0 aliphatic heterocycles. The summed E-state index contributed by atoms with van der Waals surface area (Å²) >= 11 is 0. The van der Waals surface area contributed by atoms with E-state index in [1.165, 1.54) is 19.2 Å². The van der Waals surface area contributed by atoms with Crippen LogP contribution in [0.2, 0.25) is 0 Å². The molecule has 1 atom stereocenters. The molecule has 1 rings (SSSR count). The summed E-state index contributed by atoms with van der Waals surface area (Å²) in [5.41, 5.74) is 6.36. The maximum absolute atomic E-state index is 12.3. The molecule has 6 nitrogen and oxygen atoms in total. The Bertz CT molecular complexity index is 555. The summed E-state index contributed by atoms with van der Waals surface area (Å²) in [4.78, 5) is 11.8. The lowest BCUT2D eigenvalue weighted by Gasteiger charge is -2.16. The van der Waals surface area contributed by atoms with E-state index >= 15 is 0 Å². The first-order valence-electron chi connectivity index (χ1n) is 6.77. The van der Waals surface area contributed by atoms with Crippen molar-refractivity contribution in [2.45, 2.75) is 37.1 Å².